The van der Waals surface area contributed by atoms with Crippen LogP contribution < -0.4 is 5.32 Å². The van der Waals surface area contributed by atoms with Gasteiger partial charge in [-0.25, -0.2) is 0 Å². The molecule has 0 aliphatic rings. The maximum absolute atomic E-state index is 4.21. The van der Waals surface area contributed by atoms with E-state index in [9.17, 15) is 0 Å². The van der Waals surface area contributed by atoms with Crippen molar-refractivity contribution in [1.82, 2.24) is 15.1 Å². The fourth-order valence-corrected chi connectivity index (χ4v) is 2.10. The van der Waals surface area contributed by atoms with E-state index in [1.165, 1.54) is 12.0 Å². The van der Waals surface area contributed by atoms with Crippen LogP contribution in [-0.4, -0.2) is 23.4 Å². The molecular formula is C12H23N3. The fraction of sp³-hybridized carbons (Fsp3) is 0.750. The van der Waals surface area contributed by atoms with E-state index in [1.807, 2.05) is 25.0 Å². The van der Waals surface area contributed by atoms with Crippen LogP contribution in [0.4, 0.5) is 0 Å². The Labute approximate surface area is 92.9 Å². The quantitative estimate of drug-likeness (QED) is 0.775. The van der Waals surface area contributed by atoms with E-state index in [-0.39, 0.29) is 0 Å². The molecular weight excluding hydrogens is 186 g/mol. The SMILES string of the molecule is CNCC(Cc1cnn(C)c1)CC(C)C. The van der Waals surface area contributed by atoms with Gasteiger partial charge in [-0.3, -0.25) is 4.68 Å². The van der Waals surface area contributed by atoms with Crippen LogP contribution in [0.15, 0.2) is 12.4 Å². The van der Waals surface area contributed by atoms with E-state index in [0.717, 1.165) is 24.8 Å². The molecule has 1 N–H and O–H groups in total. The van der Waals surface area contributed by atoms with Crippen LogP contribution in [-0.2, 0) is 13.5 Å². The summed E-state index contributed by atoms with van der Waals surface area (Å²) in [7, 11) is 4.00. The summed E-state index contributed by atoms with van der Waals surface area (Å²) < 4.78 is 1.88. The summed E-state index contributed by atoms with van der Waals surface area (Å²) in [6.07, 6.45) is 6.49. The summed E-state index contributed by atoms with van der Waals surface area (Å²) in [5.74, 6) is 1.49. The Morgan fingerprint density at radius 2 is 2.20 bits per heavy atom. The summed E-state index contributed by atoms with van der Waals surface area (Å²) >= 11 is 0. The first-order valence-corrected chi connectivity index (χ1v) is 5.74. The minimum atomic E-state index is 0.721. The summed E-state index contributed by atoms with van der Waals surface area (Å²) in [4.78, 5) is 0. The first kappa shape index (κ1) is 12.2. The van der Waals surface area contributed by atoms with Gasteiger partial charge >= 0.3 is 0 Å². The van der Waals surface area contributed by atoms with Crippen LogP contribution in [0.3, 0.4) is 0 Å². The monoisotopic (exact) mass is 209 g/mol. The lowest BCUT2D eigenvalue weighted by Gasteiger charge is -2.17. The fourth-order valence-electron chi connectivity index (χ4n) is 2.10. The van der Waals surface area contributed by atoms with Gasteiger partial charge in [0.2, 0.25) is 0 Å². The largest absolute Gasteiger partial charge is 0.319 e. The zero-order valence-corrected chi connectivity index (χ0v) is 10.3. The molecule has 15 heavy (non-hydrogen) atoms. The highest BCUT2D eigenvalue weighted by Gasteiger charge is 2.11. The summed E-state index contributed by atoms with van der Waals surface area (Å²) in [6, 6.07) is 0. The molecule has 0 amide bonds. The van der Waals surface area contributed by atoms with Crippen LogP contribution in [0, 0.1) is 11.8 Å². The number of rotatable bonds is 6. The molecule has 1 heterocycles. The second kappa shape index (κ2) is 5.91. The van der Waals surface area contributed by atoms with E-state index >= 15 is 0 Å². The van der Waals surface area contributed by atoms with Crippen LogP contribution >= 0.6 is 0 Å². The van der Waals surface area contributed by atoms with Gasteiger partial charge in [-0.1, -0.05) is 13.8 Å². The molecule has 0 aromatic carbocycles. The predicted octanol–water partition coefficient (Wildman–Crippen LogP) is 1.84. The standard InChI is InChI=1S/C12H23N3/c1-10(2)5-11(7-13-3)6-12-8-14-15(4)9-12/h8-11,13H,5-7H2,1-4H3. The minimum Gasteiger partial charge on any atom is -0.319 e. The maximum atomic E-state index is 4.21. The number of aromatic nitrogens is 2. The summed E-state index contributed by atoms with van der Waals surface area (Å²) in [5, 5.41) is 7.48. The Hall–Kier alpha value is -0.830. The molecule has 3 nitrogen and oxygen atoms in total. The molecule has 0 fully saturated rings. The van der Waals surface area contributed by atoms with Gasteiger partial charge < -0.3 is 5.32 Å². The third-order valence-electron chi connectivity index (χ3n) is 2.58. The Morgan fingerprint density at radius 1 is 1.47 bits per heavy atom. The lowest BCUT2D eigenvalue weighted by Crippen LogP contribution is -2.22. The van der Waals surface area contributed by atoms with Crippen molar-refractivity contribution < 1.29 is 0 Å². The topological polar surface area (TPSA) is 29.9 Å². The first-order chi connectivity index (χ1) is 7.11. The number of nitrogens with zero attached hydrogens (tertiary/aromatic N) is 2. The van der Waals surface area contributed by atoms with Crippen LogP contribution in [0.1, 0.15) is 25.8 Å². The second-order valence-electron chi connectivity index (χ2n) is 4.78. The molecule has 3 heteroatoms. The highest BCUT2D eigenvalue weighted by atomic mass is 15.2. The molecule has 1 rings (SSSR count). The molecule has 1 aromatic rings. The van der Waals surface area contributed by atoms with E-state index in [0.29, 0.717) is 0 Å². The highest BCUT2D eigenvalue weighted by molar-refractivity contribution is 5.04. The van der Waals surface area contributed by atoms with Crippen molar-refractivity contribution in [3.63, 3.8) is 0 Å². The highest BCUT2D eigenvalue weighted by Crippen LogP contribution is 2.16. The average molecular weight is 209 g/mol. The summed E-state index contributed by atoms with van der Waals surface area (Å²) in [5.41, 5.74) is 1.35. The van der Waals surface area contributed by atoms with Crippen molar-refractivity contribution in [1.29, 1.82) is 0 Å². The molecule has 0 radical (unpaired) electrons. The Kier molecular flexibility index (Phi) is 4.82. The minimum absolute atomic E-state index is 0.721. The number of hydrogen-bond donors (Lipinski definition) is 1. The zero-order chi connectivity index (χ0) is 11.3. The normalized spacial score (nSPS) is 13.4. The van der Waals surface area contributed by atoms with Crippen LogP contribution in [0.5, 0.6) is 0 Å². The second-order valence-corrected chi connectivity index (χ2v) is 4.78. The number of aryl methyl sites for hydroxylation is 1. The molecule has 1 unspecified atom stereocenters. The molecule has 0 spiro atoms. The molecule has 0 aliphatic carbocycles. The van der Waals surface area contributed by atoms with Crippen molar-refractivity contribution >= 4 is 0 Å². The predicted molar refractivity (Wildman–Crippen MR) is 63.8 cm³/mol. The van der Waals surface area contributed by atoms with Crippen molar-refractivity contribution in [2.75, 3.05) is 13.6 Å². The van der Waals surface area contributed by atoms with Crippen molar-refractivity contribution in [2.45, 2.75) is 26.7 Å². The van der Waals surface area contributed by atoms with E-state index in [4.69, 9.17) is 0 Å². The molecule has 0 aliphatic heterocycles. The molecule has 0 bridgehead atoms. The van der Waals surface area contributed by atoms with Gasteiger partial charge in [-0.2, -0.15) is 5.10 Å². The molecule has 1 aromatic heterocycles. The van der Waals surface area contributed by atoms with Gasteiger partial charge in [-0.05, 0) is 43.8 Å². The Bertz CT molecular complexity index is 278. The van der Waals surface area contributed by atoms with Gasteiger partial charge in [0.25, 0.3) is 0 Å². The lowest BCUT2D eigenvalue weighted by molar-refractivity contribution is 0.395. The van der Waals surface area contributed by atoms with Crippen LogP contribution in [0.25, 0.3) is 0 Å². The molecule has 86 valence electrons. The van der Waals surface area contributed by atoms with Crippen molar-refractivity contribution in [3.05, 3.63) is 18.0 Å². The van der Waals surface area contributed by atoms with Gasteiger partial charge in [-0.15, -0.1) is 0 Å². The first-order valence-electron chi connectivity index (χ1n) is 5.74. The lowest BCUT2D eigenvalue weighted by atomic mass is 9.92. The van der Waals surface area contributed by atoms with Gasteiger partial charge in [0.1, 0.15) is 0 Å². The van der Waals surface area contributed by atoms with E-state index < -0.39 is 0 Å². The molecule has 0 saturated carbocycles. The van der Waals surface area contributed by atoms with Crippen molar-refractivity contribution in [3.8, 4) is 0 Å². The number of hydrogen-bond acceptors (Lipinski definition) is 2. The zero-order valence-electron chi connectivity index (χ0n) is 10.3. The molecule has 1 atom stereocenters. The third kappa shape index (κ3) is 4.47. The van der Waals surface area contributed by atoms with Gasteiger partial charge in [0.05, 0.1) is 6.20 Å². The van der Waals surface area contributed by atoms with Gasteiger partial charge in [0.15, 0.2) is 0 Å². The van der Waals surface area contributed by atoms with Crippen molar-refractivity contribution in [2.24, 2.45) is 18.9 Å². The summed E-state index contributed by atoms with van der Waals surface area (Å²) in [6.45, 7) is 5.66. The molecule has 0 saturated heterocycles. The van der Waals surface area contributed by atoms with E-state index in [1.54, 1.807) is 0 Å². The maximum Gasteiger partial charge on any atom is 0.0521 e. The van der Waals surface area contributed by atoms with Crippen LogP contribution in [0.2, 0.25) is 0 Å². The Morgan fingerprint density at radius 3 is 2.67 bits per heavy atom. The average Bonchev–Trinajstić information content (AvgIpc) is 2.50. The van der Waals surface area contributed by atoms with E-state index in [2.05, 4.69) is 30.5 Å². The number of nitrogens with one attached hydrogen (secondary N) is 1. The Balaban J connectivity index is 2.50. The third-order valence-corrected chi connectivity index (χ3v) is 2.58. The smallest absolute Gasteiger partial charge is 0.0521 e. The van der Waals surface area contributed by atoms with Gasteiger partial charge in [0, 0.05) is 13.2 Å².